The molecule has 0 atom stereocenters. The van der Waals surface area contributed by atoms with E-state index in [1.165, 1.54) is 69.9 Å². The van der Waals surface area contributed by atoms with Gasteiger partial charge in [0, 0.05) is 18.6 Å². The van der Waals surface area contributed by atoms with Gasteiger partial charge in [-0.25, -0.2) is 4.57 Å². The minimum atomic E-state index is 0. The molecule has 0 aromatic carbocycles. The minimum Gasteiger partial charge on any atom is -1.00 e. The molecule has 0 unspecified atom stereocenters. The highest BCUT2D eigenvalue weighted by Crippen LogP contribution is 2.06. The summed E-state index contributed by atoms with van der Waals surface area (Å²) in [6.07, 6.45) is 16.6. The van der Waals surface area contributed by atoms with E-state index in [0.717, 1.165) is 0 Å². The van der Waals surface area contributed by atoms with Gasteiger partial charge in [-0.05, 0) is 18.4 Å². The third-order valence-corrected chi connectivity index (χ3v) is 3.52. The van der Waals surface area contributed by atoms with Crippen LogP contribution in [0.25, 0.3) is 0 Å². The van der Waals surface area contributed by atoms with E-state index < -0.39 is 0 Å². The van der Waals surface area contributed by atoms with Gasteiger partial charge in [0.2, 0.25) is 0 Å². The van der Waals surface area contributed by atoms with Gasteiger partial charge in [0.05, 0.1) is 0 Å². The maximum atomic E-state index is 2.32. The molecule has 2 heteroatoms. The first-order valence-corrected chi connectivity index (χ1v) is 7.84. The Balaban J connectivity index is 0.00000324. The first-order valence-electron chi connectivity index (χ1n) is 7.84. The molecule has 0 amide bonds. The van der Waals surface area contributed by atoms with Crippen LogP contribution in [0.15, 0.2) is 24.5 Å². The number of unbranched alkanes of at least 4 members (excludes halogenated alkanes) is 6. The van der Waals surface area contributed by atoms with Crippen molar-refractivity contribution in [3.05, 3.63) is 30.1 Å². The highest BCUT2D eigenvalue weighted by atomic mass is 35.5. The van der Waals surface area contributed by atoms with E-state index in [1.807, 2.05) is 0 Å². The largest absolute Gasteiger partial charge is 1.00 e. The summed E-state index contributed by atoms with van der Waals surface area (Å²) in [7, 11) is 0. The van der Waals surface area contributed by atoms with E-state index in [4.69, 9.17) is 0 Å². The van der Waals surface area contributed by atoms with Crippen LogP contribution in [0, 0.1) is 0 Å². The molecule has 1 heterocycles. The molecule has 0 fully saturated rings. The molecule has 1 aromatic heterocycles. The molecule has 0 bridgehead atoms. The van der Waals surface area contributed by atoms with Gasteiger partial charge in [-0.15, -0.1) is 0 Å². The average molecular weight is 284 g/mol. The molecular weight excluding hydrogens is 254 g/mol. The fourth-order valence-corrected chi connectivity index (χ4v) is 2.34. The monoisotopic (exact) mass is 283 g/mol. The normalized spacial score (nSPS) is 10.2. The van der Waals surface area contributed by atoms with Crippen LogP contribution in [0.2, 0.25) is 0 Å². The maximum absolute atomic E-state index is 2.32. The molecule has 0 saturated heterocycles. The van der Waals surface area contributed by atoms with Crippen molar-refractivity contribution in [2.45, 2.75) is 78.2 Å². The van der Waals surface area contributed by atoms with Crippen molar-refractivity contribution in [3.8, 4) is 0 Å². The van der Waals surface area contributed by atoms with E-state index >= 15 is 0 Å². The zero-order valence-corrected chi connectivity index (χ0v) is 13.5. The zero-order chi connectivity index (χ0) is 13.1. The van der Waals surface area contributed by atoms with E-state index in [-0.39, 0.29) is 12.4 Å². The van der Waals surface area contributed by atoms with Crippen LogP contribution in [0.5, 0.6) is 0 Å². The van der Waals surface area contributed by atoms with Crippen molar-refractivity contribution < 1.29 is 17.0 Å². The lowest BCUT2D eigenvalue weighted by Crippen LogP contribution is -3.00. The second kappa shape index (κ2) is 12.5. The Morgan fingerprint density at radius 3 is 1.95 bits per heavy atom. The summed E-state index contributed by atoms with van der Waals surface area (Å²) in [5.74, 6) is 0. The quantitative estimate of drug-likeness (QED) is 0.454. The van der Waals surface area contributed by atoms with E-state index in [2.05, 4.69) is 42.9 Å². The summed E-state index contributed by atoms with van der Waals surface area (Å²) in [5.41, 5.74) is 1.47. The van der Waals surface area contributed by atoms with Gasteiger partial charge in [-0.3, -0.25) is 0 Å². The van der Waals surface area contributed by atoms with Crippen molar-refractivity contribution in [1.29, 1.82) is 0 Å². The van der Waals surface area contributed by atoms with Gasteiger partial charge in [0.15, 0.2) is 12.4 Å². The highest BCUT2D eigenvalue weighted by Gasteiger charge is 2.00. The summed E-state index contributed by atoms with van der Waals surface area (Å²) >= 11 is 0. The summed E-state index contributed by atoms with van der Waals surface area (Å²) in [6.45, 7) is 5.69. The van der Waals surface area contributed by atoms with Crippen molar-refractivity contribution in [2.24, 2.45) is 0 Å². The SMILES string of the molecule is CCCCCCCCC[n+]1ccc(CCC)cc1.[Cl-]. The highest BCUT2D eigenvalue weighted by molar-refractivity contribution is 5.06. The Hall–Kier alpha value is -0.560. The number of nitrogens with zero attached hydrogens (tertiary/aromatic N) is 1. The maximum Gasteiger partial charge on any atom is 0.169 e. The zero-order valence-electron chi connectivity index (χ0n) is 12.7. The molecule has 0 aliphatic heterocycles. The molecule has 1 rings (SSSR count). The molecule has 1 nitrogen and oxygen atoms in total. The number of rotatable bonds is 10. The van der Waals surface area contributed by atoms with Gasteiger partial charge in [-0.2, -0.15) is 0 Å². The van der Waals surface area contributed by atoms with Crippen LogP contribution >= 0.6 is 0 Å². The van der Waals surface area contributed by atoms with Crippen LogP contribution in [0.1, 0.15) is 70.8 Å². The second-order valence-electron chi connectivity index (χ2n) is 5.32. The van der Waals surface area contributed by atoms with Crippen LogP contribution in [0.4, 0.5) is 0 Å². The summed E-state index contributed by atoms with van der Waals surface area (Å²) in [4.78, 5) is 0. The fraction of sp³-hybridized carbons (Fsp3) is 0.706. The first kappa shape index (κ1) is 18.4. The van der Waals surface area contributed by atoms with Crippen molar-refractivity contribution in [3.63, 3.8) is 0 Å². The lowest BCUT2D eigenvalue weighted by Gasteiger charge is -2.00. The smallest absolute Gasteiger partial charge is 0.169 e. The lowest BCUT2D eigenvalue weighted by atomic mass is 10.1. The van der Waals surface area contributed by atoms with E-state index in [0.29, 0.717) is 0 Å². The molecule has 0 N–H and O–H groups in total. The Labute approximate surface area is 125 Å². The van der Waals surface area contributed by atoms with Gasteiger partial charge >= 0.3 is 0 Å². The van der Waals surface area contributed by atoms with Crippen molar-refractivity contribution in [2.75, 3.05) is 0 Å². The molecule has 0 aliphatic rings. The number of halogens is 1. The number of pyridine rings is 1. The molecule has 0 saturated carbocycles. The first-order chi connectivity index (χ1) is 8.86. The van der Waals surface area contributed by atoms with Crippen LogP contribution in [-0.4, -0.2) is 0 Å². The molecule has 19 heavy (non-hydrogen) atoms. The van der Waals surface area contributed by atoms with E-state index in [9.17, 15) is 0 Å². The standard InChI is InChI=1S/C17H30N.ClH/c1-3-5-6-7-8-9-10-14-18-15-12-17(11-4-2)13-16-18;/h12-13,15-16H,3-11,14H2,1-2H3;1H/q+1;/p-1. The number of hydrogen-bond donors (Lipinski definition) is 0. The Morgan fingerprint density at radius 1 is 0.789 bits per heavy atom. The van der Waals surface area contributed by atoms with Gasteiger partial charge in [-0.1, -0.05) is 52.4 Å². The predicted octanol–water partition coefficient (Wildman–Crippen LogP) is 1.68. The molecule has 1 aromatic rings. The molecule has 0 radical (unpaired) electrons. The topological polar surface area (TPSA) is 3.88 Å². The predicted molar refractivity (Wildman–Crippen MR) is 78.6 cm³/mol. The average Bonchev–Trinajstić information content (AvgIpc) is 2.40. The Bertz CT molecular complexity index is 295. The molecule has 110 valence electrons. The third kappa shape index (κ3) is 9.04. The number of aromatic nitrogens is 1. The summed E-state index contributed by atoms with van der Waals surface area (Å²) < 4.78 is 2.32. The molecule has 0 aliphatic carbocycles. The Kier molecular flexibility index (Phi) is 12.1. The fourth-order valence-electron chi connectivity index (χ4n) is 2.34. The molecular formula is C17H30ClN. The van der Waals surface area contributed by atoms with Gasteiger partial charge in [0.1, 0.15) is 6.54 Å². The summed E-state index contributed by atoms with van der Waals surface area (Å²) in [5, 5.41) is 0. The van der Waals surface area contributed by atoms with E-state index in [1.54, 1.807) is 0 Å². The second-order valence-corrected chi connectivity index (χ2v) is 5.32. The van der Waals surface area contributed by atoms with Crippen molar-refractivity contribution >= 4 is 0 Å². The molecule has 0 spiro atoms. The third-order valence-electron chi connectivity index (χ3n) is 3.52. The Morgan fingerprint density at radius 2 is 1.37 bits per heavy atom. The van der Waals surface area contributed by atoms with Crippen LogP contribution in [-0.2, 0) is 13.0 Å². The number of hydrogen-bond acceptors (Lipinski definition) is 0. The lowest BCUT2D eigenvalue weighted by molar-refractivity contribution is -0.697. The van der Waals surface area contributed by atoms with Gasteiger partial charge < -0.3 is 12.4 Å². The minimum absolute atomic E-state index is 0. The van der Waals surface area contributed by atoms with Gasteiger partial charge in [0.25, 0.3) is 0 Å². The van der Waals surface area contributed by atoms with Crippen molar-refractivity contribution in [1.82, 2.24) is 0 Å². The van der Waals surface area contributed by atoms with Crippen LogP contribution < -0.4 is 17.0 Å². The van der Waals surface area contributed by atoms with Crippen LogP contribution in [0.3, 0.4) is 0 Å². The summed E-state index contributed by atoms with van der Waals surface area (Å²) in [6, 6.07) is 4.54. The number of aryl methyl sites for hydroxylation is 2.